The molecule has 0 atom stereocenters. The lowest BCUT2D eigenvalue weighted by Gasteiger charge is -2.21. The van der Waals surface area contributed by atoms with Crippen LogP contribution in [-0.2, 0) is 5.41 Å². The van der Waals surface area contributed by atoms with Crippen molar-refractivity contribution in [3.63, 3.8) is 0 Å². The maximum absolute atomic E-state index is 5.88. The third-order valence-corrected chi connectivity index (χ3v) is 4.57. The van der Waals surface area contributed by atoms with E-state index in [0.717, 1.165) is 5.56 Å². The number of hydrogen-bond donors (Lipinski definition) is 0. The Morgan fingerprint density at radius 3 is 2.50 bits per heavy atom. The van der Waals surface area contributed by atoms with E-state index in [9.17, 15) is 0 Å². The van der Waals surface area contributed by atoms with Gasteiger partial charge in [-0.15, -0.1) is 0 Å². The smallest absolute Gasteiger partial charge is 0.216 e. The Morgan fingerprint density at radius 2 is 1.68 bits per heavy atom. The molecule has 0 aliphatic heterocycles. The summed E-state index contributed by atoms with van der Waals surface area (Å²) >= 11 is 5.88. The SMILES string of the molecule is CC1(C)c2ccccc2-c2ccc(-c3ncnc(Cl)n3)cc21. The summed E-state index contributed by atoms with van der Waals surface area (Å²) in [5, 5.41) is 0.216. The summed E-state index contributed by atoms with van der Waals surface area (Å²) in [5.74, 6) is 0.606. The van der Waals surface area contributed by atoms with Crippen molar-refractivity contribution in [2.24, 2.45) is 0 Å². The number of halogens is 1. The lowest BCUT2D eigenvalue weighted by Crippen LogP contribution is -2.15. The molecular weight excluding hydrogens is 294 g/mol. The monoisotopic (exact) mass is 307 g/mol. The molecule has 0 bridgehead atoms. The zero-order valence-corrected chi connectivity index (χ0v) is 13.1. The summed E-state index contributed by atoms with van der Waals surface area (Å²) in [5.41, 5.74) is 6.17. The van der Waals surface area contributed by atoms with Crippen LogP contribution in [-0.4, -0.2) is 15.0 Å². The highest BCUT2D eigenvalue weighted by Crippen LogP contribution is 2.49. The zero-order valence-electron chi connectivity index (χ0n) is 12.3. The summed E-state index contributed by atoms with van der Waals surface area (Å²) in [4.78, 5) is 12.3. The first-order valence-electron chi connectivity index (χ1n) is 7.17. The standard InChI is InChI=1S/C18H14ClN3/c1-18(2)14-6-4-3-5-12(14)13-8-7-11(9-15(13)18)16-20-10-21-17(19)22-16/h3-10H,1-2H3. The van der Waals surface area contributed by atoms with Gasteiger partial charge in [-0.25, -0.2) is 9.97 Å². The average molecular weight is 308 g/mol. The van der Waals surface area contributed by atoms with E-state index < -0.39 is 0 Å². The number of benzene rings is 2. The molecule has 2 aromatic carbocycles. The fraction of sp³-hybridized carbons (Fsp3) is 0.167. The molecule has 0 fully saturated rings. The fourth-order valence-electron chi connectivity index (χ4n) is 3.26. The maximum atomic E-state index is 5.88. The van der Waals surface area contributed by atoms with Crippen molar-refractivity contribution in [1.82, 2.24) is 15.0 Å². The van der Waals surface area contributed by atoms with Crippen molar-refractivity contribution in [2.45, 2.75) is 19.3 Å². The van der Waals surface area contributed by atoms with Crippen molar-refractivity contribution in [3.05, 3.63) is 65.2 Å². The van der Waals surface area contributed by atoms with Gasteiger partial charge < -0.3 is 0 Å². The first-order chi connectivity index (χ1) is 10.6. The van der Waals surface area contributed by atoms with Crippen LogP contribution in [0.3, 0.4) is 0 Å². The van der Waals surface area contributed by atoms with Crippen LogP contribution < -0.4 is 0 Å². The number of hydrogen-bond acceptors (Lipinski definition) is 3. The summed E-state index contributed by atoms with van der Waals surface area (Å²) in [6.07, 6.45) is 1.44. The second kappa shape index (κ2) is 4.62. The number of fused-ring (bicyclic) bond motifs is 3. The van der Waals surface area contributed by atoms with Gasteiger partial charge in [0.25, 0.3) is 0 Å². The predicted molar refractivity (Wildman–Crippen MR) is 87.8 cm³/mol. The van der Waals surface area contributed by atoms with Crippen molar-refractivity contribution in [2.75, 3.05) is 0 Å². The quantitative estimate of drug-likeness (QED) is 0.664. The molecule has 108 valence electrons. The van der Waals surface area contributed by atoms with Gasteiger partial charge in [-0.3, -0.25) is 0 Å². The van der Waals surface area contributed by atoms with Crippen LogP contribution in [0.4, 0.5) is 0 Å². The molecule has 0 spiro atoms. The highest BCUT2D eigenvalue weighted by Gasteiger charge is 2.35. The second-order valence-corrected chi connectivity index (χ2v) is 6.35. The summed E-state index contributed by atoms with van der Waals surface area (Å²) in [7, 11) is 0. The van der Waals surface area contributed by atoms with E-state index in [1.807, 2.05) is 6.07 Å². The third-order valence-electron chi connectivity index (χ3n) is 4.38. The minimum absolute atomic E-state index is 0.0290. The Morgan fingerprint density at radius 1 is 0.909 bits per heavy atom. The van der Waals surface area contributed by atoms with E-state index in [0.29, 0.717) is 5.82 Å². The van der Waals surface area contributed by atoms with Crippen LogP contribution in [0.5, 0.6) is 0 Å². The van der Waals surface area contributed by atoms with Gasteiger partial charge in [0.05, 0.1) is 0 Å². The second-order valence-electron chi connectivity index (χ2n) is 6.01. The molecule has 1 aromatic heterocycles. The topological polar surface area (TPSA) is 38.7 Å². The van der Waals surface area contributed by atoms with Crippen molar-refractivity contribution in [1.29, 1.82) is 0 Å². The highest BCUT2D eigenvalue weighted by molar-refractivity contribution is 6.28. The number of aromatic nitrogens is 3. The van der Waals surface area contributed by atoms with Gasteiger partial charge >= 0.3 is 0 Å². The number of rotatable bonds is 1. The Labute approximate surface area is 134 Å². The van der Waals surface area contributed by atoms with E-state index in [4.69, 9.17) is 11.6 Å². The molecule has 0 amide bonds. The Hall–Kier alpha value is -2.26. The summed E-state index contributed by atoms with van der Waals surface area (Å²) < 4.78 is 0. The van der Waals surface area contributed by atoms with Crippen LogP contribution >= 0.6 is 11.6 Å². The molecule has 1 heterocycles. The molecule has 4 rings (SSSR count). The van der Waals surface area contributed by atoms with E-state index in [1.165, 1.54) is 28.6 Å². The van der Waals surface area contributed by atoms with Gasteiger partial charge in [-0.1, -0.05) is 50.2 Å². The Bertz CT molecular complexity index is 887. The van der Waals surface area contributed by atoms with Gasteiger partial charge in [0, 0.05) is 11.0 Å². The minimum Gasteiger partial charge on any atom is -0.216 e. The minimum atomic E-state index is -0.0290. The Balaban J connectivity index is 1.92. The number of nitrogens with zero attached hydrogens (tertiary/aromatic N) is 3. The van der Waals surface area contributed by atoms with Gasteiger partial charge in [0.15, 0.2) is 5.82 Å². The van der Waals surface area contributed by atoms with Crippen LogP contribution in [0.25, 0.3) is 22.5 Å². The van der Waals surface area contributed by atoms with Crippen LogP contribution in [0.2, 0.25) is 5.28 Å². The molecule has 0 saturated carbocycles. The molecule has 0 saturated heterocycles. The summed E-state index contributed by atoms with van der Waals surface area (Å²) in [6, 6.07) is 14.9. The summed E-state index contributed by atoms with van der Waals surface area (Å²) in [6.45, 7) is 4.50. The van der Waals surface area contributed by atoms with Crippen LogP contribution in [0.15, 0.2) is 48.8 Å². The van der Waals surface area contributed by atoms with Crippen molar-refractivity contribution in [3.8, 4) is 22.5 Å². The predicted octanol–water partition coefficient (Wildman–Crippen LogP) is 4.50. The molecule has 0 radical (unpaired) electrons. The maximum Gasteiger partial charge on any atom is 0.225 e. The molecule has 0 unspecified atom stereocenters. The van der Waals surface area contributed by atoms with E-state index in [-0.39, 0.29) is 10.7 Å². The Kier molecular flexibility index (Phi) is 2.81. The normalized spacial score (nSPS) is 14.5. The highest BCUT2D eigenvalue weighted by atomic mass is 35.5. The van der Waals surface area contributed by atoms with Crippen molar-refractivity contribution < 1.29 is 0 Å². The molecule has 0 N–H and O–H groups in total. The van der Waals surface area contributed by atoms with E-state index >= 15 is 0 Å². The molecule has 1 aliphatic rings. The van der Waals surface area contributed by atoms with Crippen LogP contribution in [0, 0.1) is 0 Å². The lowest BCUT2D eigenvalue weighted by molar-refractivity contribution is 0.660. The average Bonchev–Trinajstić information content (AvgIpc) is 2.76. The van der Waals surface area contributed by atoms with Gasteiger partial charge in [0.1, 0.15) is 6.33 Å². The van der Waals surface area contributed by atoms with Gasteiger partial charge in [0.2, 0.25) is 5.28 Å². The van der Waals surface area contributed by atoms with E-state index in [2.05, 4.69) is 65.2 Å². The zero-order chi connectivity index (χ0) is 15.3. The molecule has 3 aromatic rings. The van der Waals surface area contributed by atoms with E-state index in [1.54, 1.807) is 0 Å². The first-order valence-corrected chi connectivity index (χ1v) is 7.54. The molecule has 1 aliphatic carbocycles. The van der Waals surface area contributed by atoms with Crippen LogP contribution in [0.1, 0.15) is 25.0 Å². The van der Waals surface area contributed by atoms with Gasteiger partial charge in [-0.2, -0.15) is 4.98 Å². The van der Waals surface area contributed by atoms with Crippen molar-refractivity contribution >= 4 is 11.6 Å². The molecular formula is C18H14ClN3. The largest absolute Gasteiger partial charge is 0.225 e. The lowest BCUT2D eigenvalue weighted by atomic mass is 9.82. The first kappa shape index (κ1) is 13.4. The molecule has 3 nitrogen and oxygen atoms in total. The molecule has 22 heavy (non-hydrogen) atoms. The molecule has 4 heteroatoms. The fourth-order valence-corrected chi connectivity index (χ4v) is 3.38. The van der Waals surface area contributed by atoms with Gasteiger partial charge in [-0.05, 0) is 39.9 Å². The third kappa shape index (κ3) is 1.86.